The zero-order valence-electron chi connectivity index (χ0n) is 14.0. The normalized spacial score (nSPS) is 13.2. The van der Waals surface area contributed by atoms with Crippen LogP contribution >= 0.6 is 0 Å². The largest absolute Gasteiger partial charge is 0.377 e. The number of aryl methyl sites for hydroxylation is 1. The van der Waals surface area contributed by atoms with Crippen molar-refractivity contribution in [1.29, 1.82) is 0 Å². The van der Waals surface area contributed by atoms with Gasteiger partial charge in [-0.05, 0) is 47.1 Å². The molecule has 1 heterocycles. The fourth-order valence-electron chi connectivity index (χ4n) is 2.58. The van der Waals surface area contributed by atoms with Gasteiger partial charge in [-0.3, -0.25) is 4.68 Å². The third-order valence-corrected chi connectivity index (χ3v) is 3.59. The molecule has 0 fully saturated rings. The van der Waals surface area contributed by atoms with Gasteiger partial charge in [0.25, 0.3) is 0 Å². The topological polar surface area (TPSA) is 39.1 Å². The number of nitrogens with one attached hydrogen (secondary N) is 1. The van der Waals surface area contributed by atoms with Crippen molar-refractivity contribution in [2.45, 2.75) is 73.1 Å². The number of ether oxygens (including phenoxy) is 1. The Hall–Kier alpha value is -0.870. The molecule has 116 valence electrons. The predicted molar refractivity (Wildman–Crippen MR) is 84.1 cm³/mol. The summed E-state index contributed by atoms with van der Waals surface area (Å²) in [5.41, 5.74) is 3.78. The van der Waals surface area contributed by atoms with Crippen LogP contribution in [0.4, 0.5) is 0 Å². The highest BCUT2D eigenvalue weighted by Crippen LogP contribution is 2.24. The van der Waals surface area contributed by atoms with Crippen LogP contribution in [0.5, 0.6) is 0 Å². The van der Waals surface area contributed by atoms with Gasteiger partial charge in [0, 0.05) is 17.3 Å². The van der Waals surface area contributed by atoms with Crippen molar-refractivity contribution in [1.82, 2.24) is 15.1 Å². The maximum absolute atomic E-state index is 5.63. The maximum atomic E-state index is 5.63. The summed E-state index contributed by atoms with van der Waals surface area (Å²) in [4.78, 5) is 0. The van der Waals surface area contributed by atoms with E-state index in [0.29, 0.717) is 6.04 Å². The lowest BCUT2D eigenvalue weighted by Crippen LogP contribution is -2.22. The molecule has 4 nitrogen and oxygen atoms in total. The monoisotopic (exact) mass is 281 g/mol. The molecule has 0 aromatic carbocycles. The third-order valence-electron chi connectivity index (χ3n) is 3.59. The van der Waals surface area contributed by atoms with E-state index in [1.807, 2.05) is 0 Å². The molecular formula is C16H31N3O. The van der Waals surface area contributed by atoms with E-state index >= 15 is 0 Å². The minimum Gasteiger partial charge on any atom is -0.377 e. The molecule has 0 bridgehead atoms. The molecule has 0 spiro atoms. The Bertz CT molecular complexity index is 399. The van der Waals surface area contributed by atoms with Gasteiger partial charge in [-0.1, -0.05) is 13.8 Å². The number of hydrogen-bond acceptors (Lipinski definition) is 3. The molecule has 0 amide bonds. The van der Waals surface area contributed by atoms with Crippen LogP contribution in [0.25, 0.3) is 0 Å². The zero-order chi connectivity index (χ0) is 15.1. The van der Waals surface area contributed by atoms with Gasteiger partial charge in [0.05, 0.1) is 24.9 Å². The molecule has 0 aliphatic carbocycles. The van der Waals surface area contributed by atoms with Gasteiger partial charge in [-0.25, -0.2) is 0 Å². The summed E-state index contributed by atoms with van der Waals surface area (Å²) in [6, 6.07) is 0.412. The number of aromatic nitrogens is 2. The van der Waals surface area contributed by atoms with Crippen molar-refractivity contribution in [2.75, 3.05) is 13.2 Å². The molecule has 0 radical (unpaired) electrons. The summed E-state index contributed by atoms with van der Waals surface area (Å²) >= 11 is 0. The minimum atomic E-state index is 0.279. The highest BCUT2D eigenvalue weighted by atomic mass is 16.5. The van der Waals surface area contributed by atoms with Gasteiger partial charge < -0.3 is 10.1 Å². The fraction of sp³-hybridized carbons (Fsp3) is 0.812. The molecule has 1 rings (SSSR count). The summed E-state index contributed by atoms with van der Waals surface area (Å²) in [6.45, 7) is 15.4. The maximum Gasteiger partial charge on any atom is 0.0666 e. The van der Waals surface area contributed by atoms with Crippen LogP contribution in [0.3, 0.4) is 0 Å². The van der Waals surface area contributed by atoms with Crippen LogP contribution in [0, 0.1) is 13.8 Å². The number of hydrogen-bond donors (Lipinski definition) is 1. The standard InChI is InChI=1S/C16H31N3O/c1-7-9-17-15(8-2)16-13(5)18-19(14(16)6)10-11-20-12(3)4/h12,15,17H,7-11H2,1-6H3. The second-order valence-electron chi connectivity index (χ2n) is 5.64. The van der Waals surface area contributed by atoms with Gasteiger partial charge in [0.2, 0.25) is 0 Å². The zero-order valence-corrected chi connectivity index (χ0v) is 14.0. The molecule has 1 aromatic rings. The average Bonchev–Trinajstić information content (AvgIpc) is 2.67. The van der Waals surface area contributed by atoms with Gasteiger partial charge in [0.15, 0.2) is 0 Å². The first-order valence-electron chi connectivity index (χ1n) is 7.90. The van der Waals surface area contributed by atoms with Crippen LogP contribution < -0.4 is 5.32 Å². The Labute approximate surface area is 123 Å². The van der Waals surface area contributed by atoms with Crippen molar-refractivity contribution in [3.05, 3.63) is 17.0 Å². The van der Waals surface area contributed by atoms with Gasteiger partial charge in [0.1, 0.15) is 0 Å². The average molecular weight is 281 g/mol. The quantitative estimate of drug-likeness (QED) is 0.754. The van der Waals surface area contributed by atoms with Crippen molar-refractivity contribution >= 4 is 0 Å². The second kappa shape index (κ2) is 8.42. The van der Waals surface area contributed by atoms with Crippen molar-refractivity contribution in [2.24, 2.45) is 0 Å². The molecule has 0 aliphatic heterocycles. The molecular weight excluding hydrogens is 250 g/mol. The molecule has 0 saturated heterocycles. The second-order valence-corrected chi connectivity index (χ2v) is 5.64. The Morgan fingerprint density at radius 1 is 1.25 bits per heavy atom. The lowest BCUT2D eigenvalue weighted by atomic mass is 10.0. The molecule has 1 unspecified atom stereocenters. The highest BCUT2D eigenvalue weighted by Gasteiger charge is 2.19. The van der Waals surface area contributed by atoms with Gasteiger partial charge >= 0.3 is 0 Å². The first kappa shape index (κ1) is 17.2. The summed E-state index contributed by atoms with van der Waals surface area (Å²) < 4.78 is 7.71. The Kier molecular flexibility index (Phi) is 7.24. The number of nitrogens with zero attached hydrogens (tertiary/aromatic N) is 2. The molecule has 20 heavy (non-hydrogen) atoms. The molecule has 4 heteroatoms. The van der Waals surface area contributed by atoms with E-state index in [2.05, 4.69) is 56.6 Å². The van der Waals surface area contributed by atoms with Crippen molar-refractivity contribution in [3.63, 3.8) is 0 Å². The van der Waals surface area contributed by atoms with E-state index in [0.717, 1.165) is 38.2 Å². The van der Waals surface area contributed by atoms with Crippen molar-refractivity contribution < 1.29 is 4.74 Å². The Morgan fingerprint density at radius 2 is 1.95 bits per heavy atom. The highest BCUT2D eigenvalue weighted by molar-refractivity contribution is 5.28. The van der Waals surface area contributed by atoms with E-state index in [1.54, 1.807) is 0 Å². The molecule has 0 saturated carbocycles. The molecule has 1 N–H and O–H groups in total. The summed E-state index contributed by atoms with van der Waals surface area (Å²) in [7, 11) is 0. The van der Waals surface area contributed by atoms with Crippen LogP contribution in [0.15, 0.2) is 0 Å². The Balaban J connectivity index is 2.78. The summed E-state index contributed by atoms with van der Waals surface area (Å²) in [5.74, 6) is 0. The SMILES string of the molecule is CCCNC(CC)c1c(C)nn(CCOC(C)C)c1C. The van der Waals surface area contributed by atoms with E-state index in [4.69, 9.17) is 4.74 Å². The lowest BCUT2D eigenvalue weighted by molar-refractivity contribution is 0.0706. The third kappa shape index (κ3) is 4.60. The first-order valence-corrected chi connectivity index (χ1v) is 7.90. The Morgan fingerprint density at radius 3 is 2.50 bits per heavy atom. The minimum absolute atomic E-state index is 0.279. The van der Waals surface area contributed by atoms with Crippen molar-refractivity contribution in [3.8, 4) is 0 Å². The van der Waals surface area contributed by atoms with Crippen LogP contribution in [-0.2, 0) is 11.3 Å². The summed E-state index contributed by atoms with van der Waals surface area (Å²) in [5, 5.41) is 8.30. The molecule has 0 aliphatic rings. The van der Waals surface area contributed by atoms with E-state index in [1.165, 1.54) is 11.3 Å². The van der Waals surface area contributed by atoms with Gasteiger partial charge in [-0.15, -0.1) is 0 Å². The molecule has 1 aromatic heterocycles. The van der Waals surface area contributed by atoms with E-state index in [9.17, 15) is 0 Å². The summed E-state index contributed by atoms with van der Waals surface area (Å²) in [6.07, 6.45) is 2.53. The van der Waals surface area contributed by atoms with Crippen LogP contribution in [-0.4, -0.2) is 29.0 Å². The lowest BCUT2D eigenvalue weighted by Gasteiger charge is -2.17. The first-order chi connectivity index (χ1) is 9.51. The smallest absolute Gasteiger partial charge is 0.0666 e. The van der Waals surface area contributed by atoms with E-state index in [-0.39, 0.29) is 6.10 Å². The fourth-order valence-corrected chi connectivity index (χ4v) is 2.58. The van der Waals surface area contributed by atoms with Crippen LogP contribution in [0.1, 0.15) is 63.5 Å². The predicted octanol–water partition coefficient (Wildman–Crippen LogP) is 3.38. The van der Waals surface area contributed by atoms with Crippen LogP contribution in [0.2, 0.25) is 0 Å². The number of rotatable bonds is 9. The van der Waals surface area contributed by atoms with E-state index < -0.39 is 0 Å². The molecule has 1 atom stereocenters. The van der Waals surface area contributed by atoms with Gasteiger partial charge in [-0.2, -0.15) is 5.10 Å².